The molecule has 1 rings (SSSR count). The summed E-state index contributed by atoms with van der Waals surface area (Å²) in [7, 11) is -5.67. The van der Waals surface area contributed by atoms with Crippen LogP contribution in [0.25, 0.3) is 6.08 Å². The summed E-state index contributed by atoms with van der Waals surface area (Å²) in [5.74, 6) is -0.501. The highest BCUT2D eigenvalue weighted by Gasteiger charge is 2.48. The number of rotatable bonds is 4. The molecule has 0 saturated heterocycles. The van der Waals surface area contributed by atoms with Crippen LogP contribution in [0.1, 0.15) is 5.56 Å². The maximum atomic E-state index is 12.1. The van der Waals surface area contributed by atoms with E-state index in [4.69, 9.17) is 0 Å². The average Bonchev–Trinajstić information content (AvgIpc) is 2.27. The molecule has 0 saturated carbocycles. The lowest BCUT2D eigenvalue weighted by atomic mass is 10.2. The average molecular weight is 278 g/mol. The zero-order valence-corrected chi connectivity index (χ0v) is 9.83. The Labute approximate surface area is 102 Å². The molecule has 0 aliphatic carbocycles. The second kappa shape index (κ2) is 5.26. The summed E-state index contributed by atoms with van der Waals surface area (Å²) in [5.41, 5.74) is -4.98. The molecule has 0 aromatic heterocycles. The van der Waals surface area contributed by atoms with E-state index in [0.717, 1.165) is 12.2 Å². The Hall–Kier alpha value is -1.76. The molecule has 1 aromatic carbocycles. The fourth-order valence-corrected chi connectivity index (χ4v) is 1.47. The van der Waals surface area contributed by atoms with Crippen LogP contribution in [0.2, 0.25) is 0 Å². The smallest absolute Gasteiger partial charge is 0.376 e. The van der Waals surface area contributed by atoms with Gasteiger partial charge in [0.05, 0.1) is 0 Å². The summed E-state index contributed by atoms with van der Waals surface area (Å²) < 4.78 is 61.8. The minimum absolute atomic E-state index is 0.491. The van der Waals surface area contributed by atoms with Crippen molar-refractivity contribution in [3.05, 3.63) is 54.3 Å². The van der Waals surface area contributed by atoms with Gasteiger partial charge < -0.3 is 4.18 Å². The Bertz CT molecular complexity index is 545. The lowest BCUT2D eigenvalue weighted by molar-refractivity contribution is -0.0519. The second-order valence-corrected chi connectivity index (χ2v) is 4.68. The van der Waals surface area contributed by atoms with Crippen LogP contribution in [0.4, 0.5) is 13.2 Å². The summed E-state index contributed by atoms with van der Waals surface area (Å²) in [5, 5.41) is 0. The highest BCUT2D eigenvalue weighted by molar-refractivity contribution is 7.87. The molecule has 0 heterocycles. The normalized spacial score (nSPS) is 13.2. The largest absolute Gasteiger partial charge is 0.534 e. The van der Waals surface area contributed by atoms with Gasteiger partial charge in [-0.15, -0.1) is 0 Å². The Morgan fingerprint density at radius 2 is 1.78 bits per heavy atom. The topological polar surface area (TPSA) is 43.4 Å². The molecule has 7 heteroatoms. The van der Waals surface area contributed by atoms with Crippen LogP contribution < -0.4 is 0 Å². The maximum Gasteiger partial charge on any atom is 0.534 e. The van der Waals surface area contributed by atoms with Crippen molar-refractivity contribution in [1.82, 2.24) is 0 Å². The van der Waals surface area contributed by atoms with Gasteiger partial charge in [-0.05, 0) is 17.7 Å². The van der Waals surface area contributed by atoms with E-state index in [-0.39, 0.29) is 0 Å². The van der Waals surface area contributed by atoms with Gasteiger partial charge in [0.2, 0.25) is 0 Å². The molecule has 0 radical (unpaired) electrons. The Morgan fingerprint density at radius 3 is 2.22 bits per heavy atom. The molecule has 0 aliphatic rings. The fraction of sp³-hybridized carbons (Fsp3) is 0.0909. The Balaban J connectivity index is 3.01. The van der Waals surface area contributed by atoms with Gasteiger partial charge in [0.1, 0.15) is 5.76 Å². The van der Waals surface area contributed by atoms with E-state index in [0.29, 0.717) is 5.56 Å². The van der Waals surface area contributed by atoms with Crippen molar-refractivity contribution in [3.63, 3.8) is 0 Å². The van der Waals surface area contributed by atoms with Crippen LogP contribution in [0, 0.1) is 0 Å². The summed E-state index contributed by atoms with van der Waals surface area (Å²) >= 11 is 0. The Kier molecular flexibility index (Phi) is 4.18. The van der Waals surface area contributed by atoms with Gasteiger partial charge in [0.15, 0.2) is 0 Å². The van der Waals surface area contributed by atoms with E-state index in [1.54, 1.807) is 30.3 Å². The SMILES string of the molecule is C=C/C(=C/c1ccccc1)OS(=O)(=O)C(F)(F)F. The summed E-state index contributed by atoms with van der Waals surface area (Å²) in [6.07, 6.45) is 2.02. The first-order valence-corrected chi connectivity index (χ1v) is 6.07. The van der Waals surface area contributed by atoms with Gasteiger partial charge in [-0.2, -0.15) is 21.6 Å². The molecule has 0 N–H and O–H groups in total. The molecule has 1 aromatic rings. The van der Waals surface area contributed by atoms with Gasteiger partial charge in [-0.1, -0.05) is 36.9 Å². The van der Waals surface area contributed by atoms with Crippen molar-refractivity contribution in [1.29, 1.82) is 0 Å². The van der Waals surface area contributed by atoms with Crippen LogP contribution >= 0.6 is 0 Å². The molecule has 0 aliphatic heterocycles. The second-order valence-electron chi connectivity index (χ2n) is 3.14. The van der Waals surface area contributed by atoms with E-state index in [2.05, 4.69) is 10.8 Å². The summed E-state index contributed by atoms with van der Waals surface area (Å²) in [6, 6.07) is 8.15. The predicted octanol–water partition coefficient (Wildman–Crippen LogP) is 3.08. The van der Waals surface area contributed by atoms with Crippen molar-refractivity contribution in [3.8, 4) is 0 Å². The summed E-state index contributed by atoms with van der Waals surface area (Å²) in [4.78, 5) is 0. The molecule has 3 nitrogen and oxygen atoms in total. The number of alkyl halides is 3. The van der Waals surface area contributed by atoms with Crippen LogP contribution in [0.5, 0.6) is 0 Å². The van der Waals surface area contributed by atoms with Gasteiger partial charge in [0.25, 0.3) is 0 Å². The number of hydrogen-bond donors (Lipinski definition) is 0. The minimum atomic E-state index is -5.67. The fourth-order valence-electron chi connectivity index (χ4n) is 1.00. The Morgan fingerprint density at radius 1 is 1.22 bits per heavy atom. The standard InChI is InChI=1S/C11H9F3O3S/c1-2-10(8-9-6-4-3-5-7-9)17-18(15,16)11(12,13)14/h2-8H,1H2/b10-8-. The molecule has 0 bridgehead atoms. The van der Waals surface area contributed by atoms with E-state index < -0.39 is 21.4 Å². The van der Waals surface area contributed by atoms with E-state index >= 15 is 0 Å². The lowest BCUT2D eigenvalue weighted by Gasteiger charge is -2.09. The van der Waals surface area contributed by atoms with Gasteiger partial charge in [0, 0.05) is 0 Å². The monoisotopic (exact) mass is 278 g/mol. The predicted molar refractivity (Wildman–Crippen MR) is 60.7 cm³/mol. The van der Waals surface area contributed by atoms with E-state index in [1.807, 2.05) is 0 Å². The molecule has 0 fully saturated rings. The third-order valence-corrected chi connectivity index (χ3v) is 2.78. The molecule has 98 valence electrons. The third-order valence-electron chi connectivity index (χ3n) is 1.80. The number of allylic oxidation sites excluding steroid dienone is 1. The van der Waals surface area contributed by atoms with Crippen LogP contribution in [-0.2, 0) is 14.3 Å². The first-order chi connectivity index (χ1) is 8.26. The number of benzene rings is 1. The van der Waals surface area contributed by atoms with Crippen molar-refractivity contribution >= 4 is 16.2 Å². The van der Waals surface area contributed by atoms with E-state index in [9.17, 15) is 21.6 Å². The maximum absolute atomic E-state index is 12.1. The zero-order valence-electron chi connectivity index (χ0n) is 9.02. The number of halogens is 3. The minimum Gasteiger partial charge on any atom is -0.376 e. The van der Waals surface area contributed by atoms with Crippen LogP contribution in [-0.4, -0.2) is 13.9 Å². The van der Waals surface area contributed by atoms with Crippen molar-refractivity contribution in [2.24, 2.45) is 0 Å². The van der Waals surface area contributed by atoms with Gasteiger partial charge in [-0.25, -0.2) is 0 Å². The van der Waals surface area contributed by atoms with Crippen molar-refractivity contribution in [2.45, 2.75) is 5.51 Å². The molecule has 18 heavy (non-hydrogen) atoms. The molecular formula is C11H9F3O3S. The zero-order chi connectivity index (χ0) is 13.8. The highest BCUT2D eigenvalue weighted by atomic mass is 32.2. The lowest BCUT2D eigenvalue weighted by Crippen LogP contribution is -2.25. The summed E-state index contributed by atoms with van der Waals surface area (Å²) in [6.45, 7) is 3.20. The van der Waals surface area contributed by atoms with Crippen molar-refractivity contribution < 1.29 is 25.8 Å². The molecule has 0 spiro atoms. The van der Waals surface area contributed by atoms with Gasteiger partial charge in [-0.3, -0.25) is 0 Å². The van der Waals surface area contributed by atoms with E-state index in [1.165, 1.54) is 0 Å². The van der Waals surface area contributed by atoms with Gasteiger partial charge >= 0.3 is 15.6 Å². The highest BCUT2D eigenvalue weighted by Crippen LogP contribution is 2.27. The molecular weight excluding hydrogens is 269 g/mol. The van der Waals surface area contributed by atoms with Crippen LogP contribution in [0.3, 0.4) is 0 Å². The third kappa shape index (κ3) is 3.63. The van der Waals surface area contributed by atoms with Crippen molar-refractivity contribution in [2.75, 3.05) is 0 Å². The first kappa shape index (κ1) is 14.3. The van der Waals surface area contributed by atoms with Crippen LogP contribution in [0.15, 0.2) is 48.7 Å². The molecule has 0 unspecified atom stereocenters. The number of hydrogen-bond acceptors (Lipinski definition) is 3. The first-order valence-electron chi connectivity index (χ1n) is 4.66. The molecule has 0 atom stereocenters. The quantitative estimate of drug-likeness (QED) is 0.368. The molecule has 0 amide bonds.